The molecule has 1 amide bonds. The van der Waals surface area contributed by atoms with Gasteiger partial charge in [-0.3, -0.25) is 4.79 Å². The summed E-state index contributed by atoms with van der Waals surface area (Å²) in [6.07, 6.45) is 0.346. The molecule has 0 fully saturated rings. The van der Waals surface area contributed by atoms with Crippen LogP contribution in [-0.4, -0.2) is 28.4 Å². The summed E-state index contributed by atoms with van der Waals surface area (Å²) in [5.41, 5.74) is 0.960. The van der Waals surface area contributed by atoms with Crippen LogP contribution < -0.4 is 10.6 Å². The molecule has 23 heavy (non-hydrogen) atoms. The SMILES string of the molecule is CCNc1nnc(SCCC(=O)Nc2ccc(C#N)c(Cl)c2)s1. The van der Waals surface area contributed by atoms with Crippen LogP contribution in [0.25, 0.3) is 0 Å². The highest BCUT2D eigenvalue weighted by atomic mass is 35.5. The van der Waals surface area contributed by atoms with Gasteiger partial charge in [0.15, 0.2) is 4.34 Å². The third-order valence-electron chi connectivity index (χ3n) is 2.66. The molecule has 0 saturated carbocycles. The Balaban J connectivity index is 1.78. The monoisotopic (exact) mass is 367 g/mol. The van der Waals surface area contributed by atoms with E-state index in [2.05, 4.69) is 20.8 Å². The maximum absolute atomic E-state index is 11.9. The van der Waals surface area contributed by atoms with Crippen LogP contribution in [0.5, 0.6) is 0 Å². The summed E-state index contributed by atoms with van der Waals surface area (Å²) in [7, 11) is 0. The maximum atomic E-state index is 11.9. The van der Waals surface area contributed by atoms with E-state index in [1.54, 1.807) is 18.2 Å². The zero-order valence-electron chi connectivity index (χ0n) is 12.3. The van der Waals surface area contributed by atoms with Gasteiger partial charge in [-0.05, 0) is 25.1 Å². The van der Waals surface area contributed by atoms with Crippen LogP contribution in [0.1, 0.15) is 18.9 Å². The Hall–Kier alpha value is -1.82. The zero-order valence-corrected chi connectivity index (χ0v) is 14.7. The Bertz CT molecular complexity index is 728. The van der Waals surface area contributed by atoms with Gasteiger partial charge in [0.25, 0.3) is 0 Å². The molecule has 1 heterocycles. The van der Waals surface area contributed by atoms with Gasteiger partial charge < -0.3 is 10.6 Å². The van der Waals surface area contributed by atoms with Crippen molar-refractivity contribution >= 4 is 51.4 Å². The van der Waals surface area contributed by atoms with E-state index >= 15 is 0 Å². The van der Waals surface area contributed by atoms with Crippen molar-refractivity contribution in [1.29, 1.82) is 5.26 Å². The molecule has 0 unspecified atom stereocenters. The van der Waals surface area contributed by atoms with Crippen molar-refractivity contribution in [3.63, 3.8) is 0 Å². The Morgan fingerprint density at radius 2 is 2.30 bits per heavy atom. The lowest BCUT2D eigenvalue weighted by molar-refractivity contribution is -0.115. The first-order valence-electron chi connectivity index (χ1n) is 6.82. The molecule has 0 spiro atoms. The normalized spacial score (nSPS) is 10.1. The number of hydrogen-bond donors (Lipinski definition) is 2. The fourth-order valence-corrected chi connectivity index (χ4v) is 3.68. The maximum Gasteiger partial charge on any atom is 0.225 e. The van der Waals surface area contributed by atoms with Crippen molar-refractivity contribution in [2.75, 3.05) is 22.9 Å². The number of halogens is 1. The predicted molar refractivity (Wildman–Crippen MR) is 94.2 cm³/mol. The van der Waals surface area contributed by atoms with E-state index in [0.29, 0.717) is 28.4 Å². The molecule has 0 atom stereocenters. The largest absolute Gasteiger partial charge is 0.360 e. The standard InChI is InChI=1S/C14H14ClN5OS2/c1-2-17-13-19-20-14(23-13)22-6-5-12(21)18-10-4-3-9(8-16)11(15)7-10/h3-4,7H,2,5-6H2,1H3,(H,17,19)(H,18,21). The Labute approximate surface area is 147 Å². The van der Waals surface area contributed by atoms with Gasteiger partial charge in [-0.25, -0.2) is 0 Å². The van der Waals surface area contributed by atoms with Gasteiger partial charge in [0.2, 0.25) is 11.0 Å². The zero-order chi connectivity index (χ0) is 16.7. The van der Waals surface area contributed by atoms with Crippen LogP contribution in [0.4, 0.5) is 10.8 Å². The Morgan fingerprint density at radius 3 is 3.00 bits per heavy atom. The lowest BCUT2D eigenvalue weighted by atomic mass is 10.2. The fraction of sp³-hybridized carbons (Fsp3) is 0.286. The van der Waals surface area contributed by atoms with Crippen LogP contribution in [0, 0.1) is 11.3 Å². The van der Waals surface area contributed by atoms with Crippen LogP contribution >= 0.6 is 34.7 Å². The van der Waals surface area contributed by atoms with Crippen molar-refractivity contribution in [1.82, 2.24) is 10.2 Å². The minimum absolute atomic E-state index is 0.116. The number of amides is 1. The summed E-state index contributed by atoms with van der Waals surface area (Å²) in [6.45, 7) is 2.79. The van der Waals surface area contributed by atoms with Gasteiger partial charge in [0, 0.05) is 24.4 Å². The van der Waals surface area contributed by atoms with E-state index in [1.807, 2.05) is 13.0 Å². The van der Waals surface area contributed by atoms with Gasteiger partial charge in [-0.1, -0.05) is 34.7 Å². The molecule has 1 aromatic heterocycles. The number of nitrogens with zero attached hydrogens (tertiary/aromatic N) is 3. The molecule has 0 aliphatic heterocycles. The second-order valence-corrected chi connectivity index (χ2v) is 7.08. The topological polar surface area (TPSA) is 90.7 Å². The summed E-state index contributed by atoms with van der Waals surface area (Å²) in [6, 6.07) is 6.78. The molecule has 0 radical (unpaired) electrons. The highest BCUT2D eigenvalue weighted by molar-refractivity contribution is 8.01. The number of rotatable bonds is 7. The minimum atomic E-state index is -0.116. The van der Waals surface area contributed by atoms with E-state index in [-0.39, 0.29) is 5.91 Å². The van der Waals surface area contributed by atoms with Gasteiger partial charge in [-0.15, -0.1) is 10.2 Å². The van der Waals surface area contributed by atoms with Crippen LogP contribution in [0.3, 0.4) is 0 Å². The van der Waals surface area contributed by atoms with Crippen LogP contribution in [0.15, 0.2) is 22.5 Å². The number of nitrogens with one attached hydrogen (secondary N) is 2. The Kier molecular flexibility index (Phi) is 6.65. The summed E-state index contributed by atoms with van der Waals surface area (Å²) >= 11 is 8.89. The molecule has 1 aromatic carbocycles. The highest BCUT2D eigenvalue weighted by Gasteiger charge is 2.08. The molecule has 120 valence electrons. The molecular formula is C14H14ClN5OS2. The number of nitriles is 1. The minimum Gasteiger partial charge on any atom is -0.360 e. The van der Waals surface area contributed by atoms with Crippen LogP contribution in [-0.2, 0) is 4.79 Å². The van der Waals surface area contributed by atoms with E-state index < -0.39 is 0 Å². The van der Waals surface area contributed by atoms with Gasteiger partial charge in [-0.2, -0.15) is 5.26 Å². The van der Waals surface area contributed by atoms with Crippen LogP contribution in [0.2, 0.25) is 5.02 Å². The molecule has 0 bridgehead atoms. The number of thioether (sulfide) groups is 1. The van der Waals surface area contributed by atoms with E-state index in [0.717, 1.165) is 16.0 Å². The van der Waals surface area contributed by atoms with Crippen molar-refractivity contribution < 1.29 is 4.79 Å². The summed E-state index contributed by atoms with van der Waals surface area (Å²) < 4.78 is 0.829. The van der Waals surface area contributed by atoms with Gasteiger partial charge in [0.1, 0.15) is 6.07 Å². The summed E-state index contributed by atoms with van der Waals surface area (Å²) in [5, 5.41) is 23.8. The number of aromatic nitrogens is 2. The van der Waals surface area contributed by atoms with Crippen molar-refractivity contribution in [2.24, 2.45) is 0 Å². The molecule has 2 rings (SSSR count). The lowest BCUT2D eigenvalue weighted by Gasteiger charge is -2.05. The third kappa shape index (κ3) is 5.39. The number of carbonyl (C=O) groups is 1. The average Bonchev–Trinajstić information content (AvgIpc) is 2.95. The molecule has 2 aromatic rings. The quantitative estimate of drug-likeness (QED) is 0.726. The third-order valence-corrected chi connectivity index (χ3v) is 4.99. The van der Waals surface area contributed by atoms with Gasteiger partial charge in [0.05, 0.1) is 10.6 Å². The molecule has 6 nitrogen and oxygen atoms in total. The fourth-order valence-electron chi connectivity index (χ4n) is 1.63. The first-order valence-corrected chi connectivity index (χ1v) is 9.00. The summed E-state index contributed by atoms with van der Waals surface area (Å²) in [5.74, 6) is 0.492. The second kappa shape index (κ2) is 8.72. The Morgan fingerprint density at radius 1 is 1.48 bits per heavy atom. The first-order chi connectivity index (χ1) is 11.1. The molecule has 0 aliphatic rings. The first kappa shape index (κ1) is 17.5. The van der Waals surface area contributed by atoms with Crippen molar-refractivity contribution in [3.8, 4) is 6.07 Å². The number of anilines is 2. The smallest absolute Gasteiger partial charge is 0.225 e. The van der Waals surface area contributed by atoms with E-state index in [4.69, 9.17) is 16.9 Å². The van der Waals surface area contributed by atoms with Crippen molar-refractivity contribution in [3.05, 3.63) is 28.8 Å². The number of hydrogen-bond acceptors (Lipinski definition) is 7. The van der Waals surface area contributed by atoms with Gasteiger partial charge >= 0.3 is 0 Å². The molecule has 2 N–H and O–H groups in total. The van der Waals surface area contributed by atoms with E-state index in [9.17, 15) is 4.79 Å². The second-order valence-electron chi connectivity index (χ2n) is 4.36. The highest BCUT2D eigenvalue weighted by Crippen LogP contribution is 2.26. The van der Waals surface area contributed by atoms with E-state index in [1.165, 1.54) is 23.1 Å². The number of benzene rings is 1. The number of carbonyl (C=O) groups excluding carboxylic acids is 1. The molecule has 0 aliphatic carbocycles. The summed E-state index contributed by atoms with van der Waals surface area (Å²) in [4.78, 5) is 11.9. The van der Waals surface area contributed by atoms with Crippen molar-refractivity contribution in [2.45, 2.75) is 17.7 Å². The lowest BCUT2D eigenvalue weighted by Crippen LogP contribution is -2.12. The average molecular weight is 368 g/mol. The predicted octanol–water partition coefficient (Wildman–Crippen LogP) is 3.62. The molecule has 0 saturated heterocycles. The molecule has 9 heteroatoms. The molecular weight excluding hydrogens is 354 g/mol.